The van der Waals surface area contributed by atoms with Gasteiger partial charge in [-0.1, -0.05) is 26.3 Å². The van der Waals surface area contributed by atoms with Gasteiger partial charge < -0.3 is 10.3 Å². The Kier molecular flexibility index (Phi) is 2.40. The number of nitrogens with zero attached hydrogens (tertiary/aromatic N) is 2. The van der Waals surface area contributed by atoms with E-state index in [1.54, 1.807) is 0 Å². The van der Waals surface area contributed by atoms with E-state index in [-0.39, 0.29) is 0 Å². The Morgan fingerprint density at radius 3 is 2.83 bits per heavy atom. The lowest BCUT2D eigenvalue weighted by molar-refractivity contribution is 0.268. The van der Waals surface area contributed by atoms with Gasteiger partial charge in [0.25, 0.3) is 0 Å². The van der Waals surface area contributed by atoms with Gasteiger partial charge in [0.2, 0.25) is 5.95 Å². The average Bonchev–Trinajstić information content (AvgIpc) is 2.76. The molecule has 1 saturated carbocycles. The molecule has 0 saturated heterocycles. The van der Waals surface area contributed by atoms with E-state index in [1.165, 1.54) is 30.3 Å². The van der Waals surface area contributed by atoms with E-state index >= 15 is 0 Å². The van der Waals surface area contributed by atoms with E-state index in [2.05, 4.69) is 48.5 Å². The van der Waals surface area contributed by atoms with Crippen molar-refractivity contribution in [2.45, 2.75) is 46.1 Å². The summed E-state index contributed by atoms with van der Waals surface area (Å²) < 4.78 is 2.25. The molecule has 1 atom stereocenters. The number of nitrogens with two attached hydrogens (primary N) is 1. The molecule has 2 aromatic rings. The molecular weight excluding hydrogens is 222 g/mol. The molecule has 0 spiro atoms. The zero-order valence-corrected chi connectivity index (χ0v) is 11.4. The Labute approximate surface area is 108 Å². The Morgan fingerprint density at radius 1 is 1.39 bits per heavy atom. The third-order valence-electron chi connectivity index (χ3n) is 4.38. The number of fused-ring (bicyclic) bond motifs is 1. The minimum absolute atomic E-state index is 0.312. The summed E-state index contributed by atoms with van der Waals surface area (Å²) >= 11 is 0. The molecule has 1 fully saturated rings. The fourth-order valence-electron chi connectivity index (χ4n) is 3.34. The van der Waals surface area contributed by atoms with Gasteiger partial charge in [-0.25, -0.2) is 4.98 Å². The summed E-state index contributed by atoms with van der Waals surface area (Å²) in [6.07, 6.45) is 3.75. The van der Waals surface area contributed by atoms with Crippen molar-refractivity contribution >= 4 is 17.0 Å². The summed E-state index contributed by atoms with van der Waals surface area (Å²) in [7, 11) is 0. The zero-order chi connectivity index (χ0) is 12.9. The van der Waals surface area contributed by atoms with Gasteiger partial charge in [-0.15, -0.1) is 0 Å². The highest BCUT2D eigenvalue weighted by Gasteiger charge is 2.37. The second-order valence-corrected chi connectivity index (χ2v) is 6.23. The molecular formula is C15H21N3. The Hall–Kier alpha value is -1.51. The van der Waals surface area contributed by atoms with Gasteiger partial charge in [0.1, 0.15) is 0 Å². The van der Waals surface area contributed by atoms with Crippen LogP contribution in [0.25, 0.3) is 11.0 Å². The van der Waals surface area contributed by atoms with Crippen LogP contribution in [0, 0.1) is 12.3 Å². The van der Waals surface area contributed by atoms with Gasteiger partial charge in [-0.2, -0.15) is 0 Å². The Bertz CT molecular complexity index is 595. The fourth-order valence-corrected chi connectivity index (χ4v) is 3.34. The maximum Gasteiger partial charge on any atom is 0.201 e. The predicted molar refractivity (Wildman–Crippen MR) is 75.6 cm³/mol. The van der Waals surface area contributed by atoms with Crippen molar-refractivity contribution in [3.63, 3.8) is 0 Å². The van der Waals surface area contributed by atoms with Gasteiger partial charge in [0, 0.05) is 6.04 Å². The number of rotatable bonds is 1. The number of hydrogen-bond acceptors (Lipinski definition) is 2. The molecule has 3 nitrogen and oxygen atoms in total. The highest BCUT2D eigenvalue weighted by atomic mass is 15.2. The van der Waals surface area contributed by atoms with Crippen molar-refractivity contribution in [1.82, 2.24) is 9.55 Å². The molecule has 2 N–H and O–H groups in total. The number of anilines is 1. The predicted octanol–water partition coefficient (Wildman–Crippen LogP) is 3.68. The second kappa shape index (κ2) is 3.74. The van der Waals surface area contributed by atoms with Crippen LogP contribution < -0.4 is 5.73 Å². The van der Waals surface area contributed by atoms with Crippen LogP contribution >= 0.6 is 0 Å². The first-order valence-corrected chi connectivity index (χ1v) is 6.73. The highest BCUT2D eigenvalue weighted by molar-refractivity contribution is 5.79. The minimum atomic E-state index is 0.312. The summed E-state index contributed by atoms with van der Waals surface area (Å²) in [6.45, 7) is 6.77. The second-order valence-electron chi connectivity index (χ2n) is 6.23. The van der Waals surface area contributed by atoms with Crippen LogP contribution in [-0.2, 0) is 0 Å². The fraction of sp³-hybridized carbons (Fsp3) is 0.533. The molecule has 1 aliphatic carbocycles. The van der Waals surface area contributed by atoms with Crippen LogP contribution in [0.2, 0.25) is 0 Å². The van der Waals surface area contributed by atoms with E-state index in [0.29, 0.717) is 17.4 Å². The first kappa shape index (κ1) is 11.6. The summed E-state index contributed by atoms with van der Waals surface area (Å²) in [5.41, 5.74) is 9.90. The van der Waals surface area contributed by atoms with Gasteiger partial charge in [-0.3, -0.25) is 0 Å². The number of imidazole rings is 1. The van der Waals surface area contributed by atoms with E-state index in [1.807, 2.05) is 0 Å². The first-order valence-electron chi connectivity index (χ1n) is 6.73. The number of benzene rings is 1. The molecule has 18 heavy (non-hydrogen) atoms. The molecule has 1 unspecified atom stereocenters. The van der Waals surface area contributed by atoms with Gasteiger partial charge in [0.15, 0.2) is 0 Å². The van der Waals surface area contributed by atoms with Crippen LogP contribution in [0.5, 0.6) is 0 Å². The van der Waals surface area contributed by atoms with E-state index in [4.69, 9.17) is 5.73 Å². The molecule has 1 aliphatic rings. The average molecular weight is 243 g/mol. The monoisotopic (exact) mass is 243 g/mol. The van der Waals surface area contributed by atoms with E-state index in [0.717, 1.165) is 5.52 Å². The normalized spacial score (nSPS) is 22.7. The van der Waals surface area contributed by atoms with Crippen molar-refractivity contribution in [2.75, 3.05) is 5.73 Å². The van der Waals surface area contributed by atoms with Crippen LogP contribution in [0.15, 0.2) is 18.2 Å². The molecule has 3 rings (SSSR count). The first-order chi connectivity index (χ1) is 8.49. The smallest absolute Gasteiger partial charge is 0.201 e. The summed E-state index contributed by atoms with van der Waals surface area (Å²) in [5, 5.41) is 0. The van der Waals surface area contributed by atoms with Crippen molar-refractivity contribution in [1.29, 1.82) is 0 Å². The molecule has 96 valence electrons. The van der Waals surface area contributed by atoms with Crippen LogP contribution in [-0.4, -0.2) is 9.55 Å². The van der Waals surface area contributed by atoms with Crippen molar-refractivity contribution in [3.05, 3.63) is 23.8 Å². The largest absolute Gasteiger partial charge is 0.369 e. The van der Waals surface area contributed by atoms with Crippen molar-refractivity contribution in [3.8, 4) is 0 Å². The topological polar surface area (TPSA) is 43.8 Å². The molecule has 0 amide bonds. The van der Waals surface area contributed by atoms with Crippen molar-refractivity contribution in [2.24, 2.45) is 5.41 Å². The number of aryl methyl sites for hydroxylation is 1. The maximum atomic E-state index is 6.16. The quantitative estimate of drug-likeness (QED) is 0.830. The van der Waals surface area contributed by atoms with Gasteiger partial charge in [-0.05, 0) is 42.9 Å². The molecule has 1 heterocycles. The lowest BCUT2D eigenvalue weighted by Gasteiger charge is -2.29. The third kappa shape index (κ3) is 1.61. The molecule has 0 aliphatic heterocycles. The van der Waals surface area contributed by atoms with Crippen LogP contribution in [0.4, 0.5) is 5.95 Å². The van der Waals surface area contributed by atoms with Crippen LogP contribution in [0.1, 0.15) is 44.7 Å². The Balaban J connectivity index is 2.20. The Morgan fingerprint density at radius 2 is 2.17 bits per heavy atom. The van der Waals surface area contributed by atoms with E-state index < -0.39 is 0 Å². The summed E-state index contributed by atoms with van der Waals surface area (Å²) in [4.78, 5) is 4.52. The lowest BCUT2D eigenvalue weighted by atomic mass is 9.87. The molecule has 0 bridgehead atoms. The molecule has 1 aromatic heterocycles. The lowest BCUT2D eigenvalue weighted by Crippen LogP contribution is -2.22. The molecule has 3 heteroatoms. The summed E-state index contributed by atoms with van der Waals surface area (Å²) in [6, 6.07) is 6.89. The van der Waals surface area contributed by atoms with Gasteiger partial charge >= 0.3 is 0 Å². The number of hydrogen-bond donors (Lipinski definition) is 1. The maximum absolute atomic E-state index is 6.16. The standard InChI is InChI=1S/C15H21N3/c1-10-6-7-12-11(9-10)17-14(16)18(12)13-5-4-8-15(13,2)3/h6-7,9,13H,4-5,8H2,1-3H3,(H2,16,17). The number of nitrogen functional groups attached to an aromatic ring is 1. The number of aromatic nitrogens is 2. The van der Waals surface area contributed by atoms with Gasteiger partial charge in [0.05, 0.1) is 11.0 Å². The molecule has 1 aromatic carbocycles. The van der Waals surface area contributed by atoms with E-state index in [9.17, 15) is 0 Å². The highest BCUT2D eigenvalue weighted by Crippen LogP contribution is 2.47. The summed E-state index contributed by atoms with van der Waals surface area (Å²) in [5.74, 6) is 0.663. The zero-order valence-electron chi connectivity index (χ0n) is 11.4. The van der Waals surface area contributed by atoms with Crippen LogP contribution in [0.3, 0.4) is 0 Å². The minimum Gasteiger partial charge on any atom is -0.369 e. The SMILES string of the molecule is Cc1ccc2c(c1)nc(N)n2C1CCCC1(C)C. The van der Waals surface area contributed by atoms with Crippen molar-refractivity contribution < 1.29 is 0 Å². The molecule has 0 radical (unpaired) electrons. The third-order valence-corrected chi connectivity index (χ3v) is 4.38.